The van der Waals surface area contributed by atoms with Crippen molar-refractivity contribution >= 4 is 29.5 Å². The van der Waals surface area contributed by atoms with Crippen molar-refractivity contribution in [3.63, 3.8) is 0 Å². The van der Waals surface area contributed by atoms with Crippen molar-refractivity contribution in [2.75, 3.05) is 13.1 Å². The normalized spacial score (nSPS) is 15.7. The molecule has 2 aromatic heterocycles. The maximum atomic E-state index is 13.4. The lowest BCUT2D eigenvalue weighted by Gasteiger charge is -2.09. The van der Waals surface area contributed by atoms with Crippen molar-refractivity contribution in [3.8, 4) is 16.8 Å². The molecular weight excluding hydrogens is 416 g/mol. The second-order valence-corrected chi connectivity index (χ2v) is 7.39. The number of carboxylic acids is 1. The molecule has 2 N–H and O–H groups in total. The van der Waals surface area contributed by atoms with Crippen molar-refractivity contribution in [1.29, 1.82) is 0 Å². The fraction of sp³-hybridized carbons (Fsp3) is 0.174. The van der Waals surface area contributed by atoms with E-state index in [1.165, 1.54) is 6.07 Å². The fourth-order valence-corrected chi connectivity index (χ4v) is 4.09. The first-order chi connectivity index (χ1) is 14.6. The first-order valence-electron chi connectivity index (χ1n) is 9.87. The predicted octanol–water partition coefficient (Wildman–Crippen LogP) is 3.51. The lowest BCUT2D eigenvalue weighted by molar-refractivity contribution is 0.0691. The minimum atomic E-state index is -1.11. The molecule has 3 heterocycles. The highest BCUT2D eigenvalue weighted by Crippen LogP contribution is 2.25. The molecule has 0 saturated carbocycles. The van der Waals surface area contributed by atoms with E-state index in [1.807, 2.05) is 54.6 Å². The summed E-state index contributed by atoms with van der Waals surface area (Å²) in [5.74, 6) is -1.11. The van der Waals surface area contributed by atoms with Gasteiger partial charge in [0.1, 0.15) is 0 Å². The summed E-state index contributed by atoms with van der Waals surface area (Å²) in [5, 5.41) is 12.6. The summed E-state index contributed by atoms with van der Waals surface area (Å²) in [7, 11) is 0. The van der Waals surface area contributed by atoms with Crippen LogP contribution >= 0.6 is 12.4 Å². The van der Waals surface area contributed by atoms with E-state index in [0.29, 0.717) is 17.7 Å². The van der Waals surface area contributed by atoms with E-state index in [4.69, 9.17) is 0 Å². The predicted molar refractivity (Wildman–Crippen MR) is 121 cm³/mol. The Bertz CT molecular complexity index is 1290. The van der Waals surface area contributed by atoms with Crippen LogP contribution in [-0.2, 0) is 0 Å². The fourth-order valence-electron chi connectivity index (χ4n) is 4.09. The molecule has 0 radical (unpaired) electrons. The number of hydrogen-bond donors (Lipinski definition) is 2. The Morgan fingerprint density at radius 2 is 1.71 bits per heavy atom. The number of fused-ring (bicyclic) bond motifs is 1. The molecule has 4 aromatic rings. The number of nitrogens with one attached hydrogen (secondary N) is 1. The first-order valence-corrected chi connectivity index (χ1v) is 9.87. The molecule has 0 amide bonds. The van der Waals surface area contributed by atoms with Crippen LogP contribution in [-0.4, -0.2) is 38.3 Å². The van der Waals surface area contributed by atoms with Crippen molar-refractivity contribution in [1.82, 2.24) is 19.4 Å². The molecule has 8 heteroatoms. The largest absolute Gasteiger partial charge is 0.477 e. The summed E-state index contributed by atoms with van der Waals surface area (Å²) >= 11 is 0. The van der Waals surface area contributed by atoms with Gasteiger partial charge < -0.3 is 10.4 Å². The summed E-state index contributed by atoms with van der Waals surface area (Å²) in [6.45, 7) is 1.47. The zero-order valence-corrected chi connectivity index (χ0v) is 17.4. The number of pyridine rings is 1. The minimum Gasteiger partial charge on any atom is -0.477 e. The Morgan fingerprint density at radius 3 is 2.35 bits per heavy atom. The highest BCUT2D eigenvalue weighted by atomic mass is 35.5. The van der Waals surface area contributed by atoms with Gasteiger partial charge in [-0.15, -0.1) is 12.4 Å². The molecule has 158 valence electrons. The Morgan fingerprint density at radius 1 is 1.00 bits per heavy atom. The third-order valence-electron chi connectivity index (χ3n) is 5.57. The summed E-state index contributed by atoms with van der Waals surface area (Å²) in [5.41, 5.74) is 3.61. The van der Waals surface area contributed by atoms with Crippen LogP contribution < -0.4 is 11.0 Å². The van der Waals surface area contributed by atoms with Gasteiger partial charge in [-0.25, -0.2) is 14.6 Å². The second-order valence-electron chi connectivity index (χ2n) is 7.39. The zero-order chi connectivity index (χ0) is 20.7. The van der Waals surface area contributed by atoms with E-state index >= 15 is 0 Å². The molecule has 5 rings (SSSR count). The van der Waals surface area contributed by atoms with Gasteiger partial charge in [-0.3, -0.25) is 9.13 Å². The molecule has 31 heavy (non-hydrogen) atoms. The monoisotopic (exact) mass is 436 g/mol. The van der Waals surface area contributed by atoms with Gasteiger partial charge in [-0.05, 0) is 48.4 Å². The number of nitrogens with zero attached hydrogens (tertiary/aromatic N) is 3. The number of imidazole rings is 1. The van der Waals surface area contributed by atoms with Crippen LogP contribution in [0.5, 0.6) is 0 Å². The molecule has 2 aromatic carbocycles. The van der Waals surface area contributed by atoms with Gasteiger partial charge in [0.25, 0.3) is 0 Å². The Balaban J connectivity index is 0.00000231. The van der Waals surface area contributed by atoms with Crippen molar-refractivity contribution in [3.05, 3.63) is 82.9 Å². The number of aromatic carboxylic acids is 1. The number of rotatable bonds is 4. The second kappa shape index (κ2) is 8.37. The van der Waals surface area contributed by atoms with Crippen LogP contribution in [0.1, 0.15) is 23.0 Å². The van der Waals surface area contributed by atoms with E-state index < -0.39 is 5.97 Å². The molecule has 0 unspecified atom stereocenters. The number of hydrogen-bond acceptors (Lipinski definition) is 4. The first kappa shape index (κ1) is 20.8. The zero-order valence-electron chi connectivity index (χ0n) is 16.6. The lowest BCUT2D eigenvalue weighted by Crippen LogP contribution is -2.28. The minimum absolute atomic E-state index is 0. The molecule has 7 nitrogen and oxygen atoms in total. The average Bonchev–Trinajstić information content (AvgIpc) is 3.39. The Hall–Kier alpha value is -3.42. The standard InChI is InChI=1S/C23H20N4O3.ClH/c28-22(29)19-10-11-20-21(25-19)27(18-12-13-24-14-18)23(30)26(20)17-8-6-16(7-9-17)15-4-2-1-3-5-15;/h1-11,18,24H,12-14H2,(H,28,29);1H/t18-;/m0./s1. The highest BCUT2D eigenvalue weighted by Gasteiger charge is 2.25. The van der Waals surface area contributed by atoms with E-state index in [-0.39, 0.29) is 29.8 Å². The number of carboxylic acid groups (broad SMARTS) is 1. The molecule has 1 fully saturated rings. The molecule has 1 saturated heterocycles. The van der Waals surface area contributed by atoms with Crippen molar-refractivity contribution in [2.45, 2.75) is 12.5 Å². The summed E-state index contributed by atoms with van der Waals surface area (Å²) < 4.78 is 3.24. The van der Waals surface area contributed by atoms with Gasteiger partial charge in [0.2, 0.25) is 0 Å². The van der Waals surface area contributed by atoms with Gasteiger partial charge in [0, 0.05) is 6.54 Å². The van der Waals surface area contributed by atoms with Crippen LogP contribution in [0.3, 0.4) is 0 Å². The van der Waals surface area contributed by atoms with Gasteiger partial charge in [-0.1, -0.05) is 42.5 Å². The maximum Gasteiger partial charge on any atom is 0.354 e. The van der Waals surface area contributed by atoms with Gasteiger partial charge in [0.15, 0.2) is 11.3 Å². The van der Waals surface area contributed by atoms with Gasteiger partial charge >= 0.3 is 11.7 Å². The quantitative estimate of drug-likeness (QED) is 0.511. The molecule has 1 atom stereocenters. The van der Waals surface area contributed by atoms with Crippen LogP contribution in [0.2, 0.25) is 0 Å². The van der Waals surface area contributed by atoms with E-state index in [1.54, 1.807) is 15.2 Å². The summed E-state index contributed by atoms with van der Waals surface area (Å²) in [6, 6.07) is 20.9. The van der Waals surface area contributed by atoms with Crippen LogP contribution in [0.15, 0.2) is 71.5 Å². The summed E-state index contributed by atoms with van der Waals surface area (Å²) in [4.78, 5) is 29.2. The Labute approximate surface area is 184 Å². The molecule has 0 aliphatic carbocycles. The maximum absolute atomic E-state index is 13.4. The van der Waals surface area contributed by atoms with Crippen LogP contribution in [0.4, 0.5) is 0 Å². The number of halogens is 1. The molecular formula is C23H21ClN4O3. The average molecular weight is 437 g/mol. The third-order valence-corrected chi connectivity index (χ3v) is 5.57. The third kappa shape index (κ3) is 3.62. The van der Waals surface area contributed by atoms with Crippen LogP contribution in [0, 0.1) is 0 Å². The number of aromatic nitrogens is 3. The van der Waals surface area contributed by atoms with E-state index in [2.05, 4.69) is 10.3 Å². The Kier molecular flexibility index (Phi) is 5.63. The van der Waals surface area contributed by atoms with E-state index in [9.17, 15) is 14.7 Å². The summed E-state index contributed by atoms with van der Waals surface area (Å²) in [6.07, 6.45) is 0.797. The molecule has 1 aliphatic rings. The number of carbonyl (C=O) groups is 1. The molecule has 0 bridgehead atoms. The van der Waals surface area contributed by atoms with E-state index in [0.717, 1.165) is 29.8 Å². The number of benzene rings is 2. The van der Waals surface area contributed by atoms with Crippen molar-refractivity contribution < 1.29 is 9.90 Å². The van der Waals surface area contributed by atoms with Crippen LogP contribution in [0.25, 0.3) is 28.0 Å². The van der Waals surface area contributed by atoms with Gasteiger partial charge in [-0.2, -0.15) is 0 Å². The lowest BCUT2D eigenvalue weighted by atomic mass is 10.1. The highest BCUT2D eigenvalue weighted by molar-refractivity contribution is 5.88. The van der Waals surface area contributed by atoms with Crippen molar-refractivity contribution in [2.24, 2.45) is 0 Å². The molecule has 0 spiro atoms. The van der Waals surface area contributed by atoms with Gasteiger partial charge in [0.05, 0.1) is 17.2 Å². The SMILES string of the molecule is Cl.O=C(O)c1ccc2c(n1)n([C@H]1CCNC1)c(=O)n2-c1ccc(-c2ccccc2)cc1. The topological polar surface area (TPSA) is 89.2 Å². The molecule has 1 aliphatic heterocycles. The smallest absolute Gasteiger partial charge is 0.354 e.